The van der Waals surface area contributed by atoms with Crippen molar-refractivity contribution in [2.24, 2.45) is 0 Å². The highest BCUT2D eigenvalue weighted by molar-refractivity contribution is 5.90. The number of halogens is 2. The zero-order valence-corrected chi connectivity index (χ0v) is 13.6. The van der Waals surface area contributed by atoms with Crippen molar-refractivity contribution in [3.63, 3.8) is 0 Å². The summed E-state index contributed by atoms with van der Waals surface area (Å²) < 4.78 is 37.9. The normalized spacial score (nSPS) is 10.4. The number of carbonyl (C=O) groups excluding carboxylic acids is 2. The number of carbonyl (C=O) groups is 2. The molecule has 1 aromatic carbocycles. The minimum Gasteiger partial charge on any atom is -0.461 e. The third-order valence-corrected chi connectivity index (χ3v) is 3.29. The van der Waals surface area contributed by atoms with Gasteiger partial charge < -0.3 is 9.47 Å². The molecular weight excluding hydrogens is 340 g/mol. The average Bonchev–Trinajstić information content (AvgIpc) is 2.79. The zero-order chi connectivity index (χ0) is 18.7. The van der Waals surface area contributed by atoms with Crippen molar-refractivity contribution in [3.8, 4) is 5.69 Å². The van der Waals surface area contributed by atoms with Crippen LogP contribution in [0, 0.1) is 18.6 Å². The number of hydrogen-bond donors (Lipinski definition) is 1. The van der Waals surface area contributed by atoms with Crippen LogP contribution in [-0.2, 0) is 9.47 Å². The van der Waals surface area contributed by atoms with Gasteiger partial charge in [-0.3, -0.25) is 4.57 Å². The number of ether oxygens (including phenoxy) is 2. The highest BCUT2D eigenvalue weighted by Crippen LogP contribution is 2.18. The molecule has 2 aromatic rings. The predicted octanol–water partition coefficient (Wildman–Crippen LogP) is 1.71. The topological polar surface area (TPSA) is 91.6 Å². The molecule has 1 aromatic heterocycles. The highest BCUT2D eigenvalue weighted by atomic mass is 19.1. The molecule has 0 saturated carbocycles. The molecule has 1 N–H and O–H groups in total. The van der Waals surface area contributed by atoms with Gasteiger partial charge in [-0.1, -0.05) is 0 Å². The zero-order valence-electron chi connectivity index (χ0n) is 13.6. The standard InChI is InChI=1S/C15H15F2N3O5/c1-4-25-13(21)12-8(2)19(11-6-5-9(16)7-10(11)17)15(23)20(12)18-14(22)24-3/h5-7H,4H2,1-3H3,(H,18,22). The molecule has 0 saturated heterocycles. The number of nitrogens with zero attached hydrogens (tertiary/aromatic N) is 2. The number of nitrogens with one attached hydrogen (secondary N) is 1. The minimum absolute atomic E-state index is 0.00892. The summed E-state index contributed by atoms with van der Waals surface area (Å²) in [5.74, 6) is -2.75. The number of methoxy groups -OCH3 is 1. The number of esters is 1. The summed E-state index contributed by atoms with van der Waals surface area (Å²) in [7, 11) is 1.06. The van der Waals surface area contributed by atoms with Crippen LogP contribution in [0.5, 0.6) is 0 Å². The molecule has 0 radical (unpaired) electrons. The number of amides is 1. The second-order valence-corrected chi connectivity index (χ2v) is 4.81. The van der Waals surface area contributed by atoms with Crippen molar-refractivity contribution in [1.82, 2.24) is 9.24 Å². The molecule has 0 unspecified atom stereocenters. The Kier molecular flexibility index (Phi) is 5.20. The maximum atomic E-state index is 14.1. The van der Waals surface area contributed by atoms with Gasteiger partial charge in [0, 0.05) is 6.07 Å². The Morgan fingerprint density at radius 3 is 2.52 bits per heavy atom. The van der Waals surface area contributed by atoms with Crippen LogP contribution in [0.2, 0.25) is 0 Å². The molecule has 1 heterocycles. The van der Waals surface area contributed by atoms with E-state index in [1.54, 1.807) is 6.92 Å². The molecule has 0 fully saturated rings. The van der Waals surface area contributed by atoms with E-state index in [1.807, 2.05) is 0 Å². The number of rotatable bonds is 4. The van der Waals surface area contributed by atoms with Crippen LogP contribution >= 0.6 is 0 Å². The van der Waals surface area contributed by atoms with Gasteiger partial charge in [0.15, 0.2) is 5.69 Å². The van der Waals surface area contributed by atoms with Crippen LogP contribution in [0.25, 0.3) is 5.69 Å². The summed E-state index contributed by atoms with van der Waals surface area (Å²) >= 11 is 0. The molecule has 8 nitrogen and oxygen atoms in total. The summed E-state index contributed by atoms with van der Waals surface area (Å²) in [4.78, 5) is 36.2. The Bertz CT molecular complexity index is 888. The predicted molar refractivity (Wildman–Crippen MR) is 82.4 cm³/mol. The van der Waals surface area contributed by atoms with Gasteiger partial charge in [-0.25, -0.2) is 28.6 Å². The van der Waals surface area contributed by atoms with E-state index in [4.69, 9.17) is 4.74 Å². The molecular formula is C15H15F2N3O5. The number of hydrogen-bond acceptors (Lipinski definition) is 5. The van der Waals surface area contributed by atoms with E-state index >= 15 is 0 Å². The van der Waals surface area contributed by atoms with Crippen molar-refractivity contribution < 1.29 is 27.8 Å². The summed E-state index contributed by atoms with van der Waals surface area (Å²) in [6.07, 6.45) is -1.02. The van der Waals surface area contributed by atoms with Crippen LogP contribution < -0.4 is 11.1 Å². The van der Waals surface area contributed by atoms with E-state index in [1.165, 1.54) is 6.92 Å². The first-order valence-corrected chi connectivity index (χ1v) is 7.13. The summed E-state index contributed by atoms with van der Waals surface area (Å²) in [6, 6.07) is 2.59. The van der Waals surface area contributed by atoms with Gasteiger partial charge in [-0.2, -0.15) is 4.68 Å². The lowest BCUT2D eigenvalue weighted by Crippen LogP contribution is -2.36. The van der Waals surface area contributed by atoms with Gasteiger partial charge in [-0.05, 0) is 26.0 Å². The Hall–Kier alpha value is -3.17. The third-order valence-electron chi connectivity index (χ3n) is 3.29. The smallest absolute Gasteiger partial charge is 0.426 e. The fourth-order valence-electron chi connectivity index (χ4n) is 2.23. The van der Waals surface area contributed by atoms with Crippen molar-refractivity contribution in [3.05, 3.63) is 51.7 Å². The monoisotopic (exact) mass is 355 g/mol. The van der Waals surface area contributed by atoms with E-state index in [-0.39, 0.29) is 23.7 Å². The van der Waals surface area contributed by atoms with Gasteiger partial charge in [0.25, 0.3) is 0 Å². The lowest BCUT2D eigenvalue weighted by Gasteiger charge is -2.07. The first kappa shape index (κ1) is 18.2. The third kappa shape index (κ3) is 3.37. The van der Waals surface area contributed by atoms with Crippen LogP contribution in [-0.4, -0.2) is 35.0 Å². The van der Waals surface area contributed by atoms with Crippen LogP contribution in [0.4, 0.5) is 13.6 Å². The maximum Gasteiger partial charge on any atom is 0.426 e. The lowest BCUT2D eigenvalue weighted by molar-refractivity contribution is 0.0514. The molecule has 0 aliphatic carbocycles. The number of benzene rings is 1. The van der Waals surface area contributed by atoms with Gasteiger partial charge >= 0.3 is 17.8 Å². The van der Waals surface area contributed by atoms with Crippen LogP contribution in [0.3, 0.4) is 0 Å². The molecule has 0 bridgehead atoms. The first-order valence-electron chi connectivity index (χ1n) is 7.13. The fourth-order valence-corrected chi connectivity index (χ4v) is 2.23. The summed E-state index contributed by atoms with van der Waals surface area (Å²) in [6.45, 7) is 2.92. The van der Waals surface area contributed by atoms with E-state index in [0.29, 0.717) is 10.7 Å². The number of imidazole rings is 1. The van der Waals surface area contributed by atoms with Crippen molar-refractivity contribution in [1.29, 1.82) is 0 Å². The molecule has 134 valence electrons. The first-order chi connectivity index (χ1) is 11.8. The second kappa shape index (κ2) is 7.16. The Morgan fingerprint density at radius 2 is 1.96 bits per heavy atom. The maximum absolute atomic E-state index is 14.1. The van der Waals surface area contributed by atoms with Gasteiger partial charge in [0.05, 0.1) is 25.1 Å². The Balaban J connectivity index is 2.73. The van der Waals surface area contributed by atoms with E-state index in [0.717, 1.165) is 23.8 Å². The highest BCUT2D eigenvalue weighted by Gasteiger charge is 2.27. The van der Waals surface area contributed by atoms with Gasteiger partial charge in [0.2, 0.25) is 0 Å². The molecule has 2 rings (SSSR count). The fraction of sp³-hybridized carbons (Fsp3) is 0.267. The van der Waals surface area contributed by atoms with Crippen molar-refractivity contribution >= 4 is 12.1 Å². The van der Waals surface area contributed by atoms with E-state index < -0.39 is 29.4 Å². The Morgan fingerprint density at radius 1 is 1.28 bits per heavy atom. The van der Waals surface area contributed by atoms with Crippen molar-refractivity contribution in [2.45, 2.75) is 13.8 Å². The molecule has 0 spiro atoms. The average molecular weight is 355 g/mol. The molecule has 0 atom stereocenters. The molecule has 0 aliphatic rings. The molecule has 25 heavy (non-hydrogen) atoms. The Labute approximate surface area is 140 Å². The van der Waals surface area contributed by atoms with Crippen LogP contribution in [0.1, 0.15) is 23.1 Å². The van der Waals surface area contributed by atoms with E-state index in [2.05, 4.69) is 10.2 Å². The lowest BCUT2D eigenvalue weighted by atomic mass is 10.2. The second-order valence-electron chi connectivity index (χ2n) is 4.81. The molecule has 0 aliphatic heterocycles. The van der Waals surface area contributed by atoms with Crippen molar-refractivity contribution in [2.75, 3.05) is 19.1 Å². The SMILES string of the molecule is CCOC(=O)c1c(C)n(-c2ccc(F)cc2F)c(=O)n1NC(=O)OC. The molecule has 10 heteroatoms. The van der Waals surface area contributed by atoms with E-state index in [9.17, 15) is 23.2 Å². The largest absolute Gasteiger partial charge is 0.461 e. The number of aromatic nitrogens is 2. The van der Waals surface area contributed by atoms with Gasteiger partial charge in [-0.15, -0.1) is 0 Å². The quantitative estimate of drug-likeness (QED) is 0.843. The molecule has 1 amide bonds. The van der Waals surface area contributed by atoms with Gasteiger partial charge in [0.1, 0.15) is 11.6 Å². The summed E-state index contributed by atoms with van der Waals surface area (Å²) in [5.41, 5.74) is 0.474. The minimum atomic E-state index is -1.02. The van der Waals surface area contributed by atoms with Crippen LogP contribution in [0.15, 0.2) is 23.0 Å². The summed E-state index contributed by atoms with van der Waals surface area (Å²) in [5, 5.41) is 0.